The summed E-state index contributed by atoms with van der Waals surface area (Å²) in [5.74, 6) is 1.13. The van der Waals surface area contributed by atoms with Crippen LogP contribution in [-0.2, 0) is 0 Å². The van der Waals surface area contributed by atoms with Crippen LogP contribution >= 0.6 is 0 Å². The van der Waals surface area contributed by atoms with Gasteiger partial charge < -0.3 is 5.11 Å². The van der Waals surface area contributed by atoms with E-state index >= 15 is 0 Å². The van der Waals surface area contributed by atoms with Crippen LogP contribution in [0.1, 0.15) is 45.2 Å². The summed E-state index contributed by atoms with van der Waals surface area (Å²) >= 11 is 0. The Morgan fingerprint density at radius 3 is 2.41 bits per heavy atom. The van der Waals surface area contributed by atoms with Crippen molar-refractivity contribution in [3.63, 3.8) is 0 Å². The minimum Gasteiger partial charge on any atom is -0.508 e. The number of aromatic hydroxyl groups is 1. The van der Waals surface area contributed by atoms with Crippen LogP contribution in [0.2, 0.25) is 0 Å². The fourth-order valence-corrected chi connectivity index (χ4v) is 2.16. The second kappa shape index (κ2) is 6.65. The Morgan fingerprint density at radius 2 is 1.88 bits per heavy atom. The lowest BCUT2D eigenvalue weighted by atomic mass is 10.0. The van der Waals surface area contributed by atoms with Gasteiger partial charge in [-0.2, -0.15) is 0 Å². The van der Waals surface area contributed by atoms with E-state index in [-0.39, 0.29) is 0 Å². The molecular formula is C15H25NO. The summed E-state index contributed by atoms with van der Waals surface area (Å²) in [6, 6.07) is 7.98. The van der Waals surface area contributed by atoms with E-state index in [0.29, 0.717) is 11.8 Å². The number of phenolic OH excluding ortho intramolecular Hbond substituents is 1. The van der Waals surface area contributed by atoms with Gasteiger partial charge in [-0.3, -0.25) is 4.90 Å². The third-order valence-electron chi connectivity index (χ3n) is 3.27. The van der Waals surface area contributed by atoms with E-state index in [4.69, 9.17) is 0 Å². The largest absolute Gasteiger partial charge is 0.508 e. The molecule has 1 atom stereocenters. The average molecular weight is 235 g/mol. The molecule has 1 aromatic rings. The third-order valence-corrected chi connectivity index (χ3v) is 3.27. The smallest absolute Gasteiger partial charge is 0.120 e. The Morgan fingerprint density at radius 1 is 1.24 bits per heavy atom. The van der Waals surface area contributed by atoms with Crippen LogP contribution in [0, 0.1) is 5.92 Å². The molecular weight excluding hydrogens is 210 g/mol. The van der Waals surface area contributed by atoms with E-state index in [1.54, 1.807) is 6.07 Å². The Kier molecular flexibility index (Phi) is 5.49. The van der Waals surface area contributed by atoms with Gasteiger partial charge in [0.2, 0.25) is 0 Å². The number of hydrogen-bond donors (Lipinski definition) is 1. The number of nitrogens with zero attached hydrogens (tertiary/aromatic N) is 1. The molecule has 1 rings (SSSR count). The lowest BCUT2D eigenvalue weighted by Gasteiger charge is -2.28. The lowest BCUT2D eigenvalue weighted by molar-refractivity contribution is 0.222. The van der Waals surface area contributed by atoms with Crippen molar-refractivity contribution in [2.45, 2.75) is 39.7 Å². The minimum absolute atomic E-state index is 0.315. The van der Waals surface area contributed by atoms with Crippen LogP contribution in [0.25, 0.3) is 0 Å². The average Bonchev–Trinajstić information content (AvgIpc) is 2.30. The summed E-state index contributed by atoms with van der Waals surface area (Å²) in [7, 11) is 2.14. The van der Waals surface area contributed by atoms with E-state index in [1.807, 2.05) is 18.2 Å². The van der Waals surface area contributed by atoms with Gasteiger partial charge in [0.15, 0.2) is 0 Å². The molecule has 0 amide bonds. The Labute approximate surface area is 105 Å². The maximum absolute atomic E-state index is 9.91. The molecule has 1 N–H and O–H groups in total. The molecule has 0 spiro atoms. The number of rotatable bonds is 6. The van der Waals surface area contributed by atoms with Gasteiger partial charge in [-0.15, -0.1) is 0 Å². The summed E-state index contributed by atoms with van der Waals surface area (Å²) in [5, 5.41) is 9.91. The van der Waals surface area contributed by atoms with Gasteiger partial charge in [0.25, 0.3) is 0 Å². The minimum atomic E-state index is 0.315. The summed E-state index contributed by atoms with van der Waals surface area (Å²) in [4.78, 5) is 2.34. The molecule has 0 bridgehead atoms. The van der Waals surface area contributed by atoms with Gasteiger partial charge in [0.1, 0.15) is 5.75 Å². The van der Waals surface area contributed by atoms with Gasteiger partial charge >= 0.3 is 0 Å². The number of phenols is 1. The second-order valence-electron chi connectivity index (χ2n) is 5.15. The molecule has 0 aliphatic heterocycles. The summed E-state index contributed by atoms with van der Waals surface area (Å²) in [6.07, 6.45) is 2.22. The third kappa shape index (κ3) is 4.04. The van der Waals surface area contributed by atoms with Crippen LogP contribution in [0.15, 0.2) is 24.3 Å². The fraction of sp³-hybridized carbons (Fsp3) is 0.600. The highest BCUT2D eigenvalue weighted by atomic mass is 16.3. The molecule has 0 heterocycles. The molecule has 17 heavy (non-hydrogen) atoms. The first-order valence-corrected chi connectivity index (χ1v) is 6.54. The van der Waals surface area contributed by atoms with E-state index in [9.17, 15) is 5.11 Å². The van der Waals surface area contributed by atoms with Gasteiger partial charge in [0.05, 0.1) is 0 Å². The topological polar surface area (TPSA) is 23.5 Å². The first-order chi connectivity index (χ1) is 8.06. The second-order valence-corrected chi connectivity index (χ2v) is 5.15. The van der Waals surface area contributed by atoms with Crippen LogP contribution in [0.5, 0.6) is 5.75 Å². The molecule has 0 saturated heterocycles. The number of benzene rings is 1. The SMILES string of the molecule is CCC(c1ccccc1O)N(C)CCC(C)C. The zero-order valence-electron chi connectivity index (χ0n) is 11.5. The van der Waals surface area contributed by atoms with Gasteiger partial charge in [0, 0.05) is 11.6 Å². The van der Waals surface area contributed by atoms with Crippen molar-refractivity contribution < 1.29 is 5.11 Å². The molecule has 0 aliphatic rings. The standard InChI is InChI=1S/C15H25NO/c1-5-14(16(4)11-10-12(2)3)13-8-6-7-9-15(13)17/h6-9,12,14,17H,5,10-11H2,1-4H3. The zero-order valence-corrected chi connectivity index (χ0v) is 11.5. The van der Waals surface area contributed by atoms with Crippen LogP contribution in [-0.4, -0.2) is 23.6 Å². The molecule has 0 saturated carbocycles. The van der Waals surface area contributed by atoms with Crippen LogP contribution < -0.4 is 0 Å². The molecule has 2 heteroatoms. The van der Waals surface area contributed by atoms with E-state index < -0.39 is 0 Å². The highest BCUT2D eigenvalue weighted by molar-refractivity contribution is 5.34. The monoisotopic (exact) mass is 235 g/mol. The van der Waals surface area contributed by atoms with Gasteiger partial charge in [-0.25, -0.2) is 0 Å². The van der Waals surface area contributed by atoms with Crippen LogP contribution in [0.3, 0.4) is 0 Å². The van der Waals surface area contributed by atoms with Crippen molar-refractivity contribution >= 4 is 0 Å². The Hall–Kier alpha value is -1.02. The molecule has 1 aromatic carbocycles. The van der Waals surface area contributed by atoms with Gasteiger partial charge in [-0.1, -0.05) is 39.0 Å². The Bertz CT molecular complexity index is 335. The molecule has 0 aliphatic carbocycles. The molecule has 96 valence electrons. The lowest BCUT2D eigenvalue weighted by Crippen LogP contribution is -2.26. The predicted octanol–water partition coefficient (Wildman–Crippen LogP) is 3.82. The molecule has 2 nitrogen and oxygen atoms in total. The fourth-order valence-electron chi connectivity index (χ4n) is 2.16. The normalized spacial score (nSPS) is 13.3. The zero-order chi connectivity index (χ0) is 12.8. The van der Waals surface area contributed by atoms with Gasteiger partial charge in [-0.05, 0) is 38.4 Å². The maximum Gasteiger partial charge on any atom is 0.120 e. The summed E-state index contributed by atoms with van der Waals surface area (Å²) < 4.78 is 0. The van der Waals surface area contributed by atoms with Crippen molar-refractivity contribution in [3.05, 3.63) is 29.8 Å². The quantitative estimate of drug-likeness (QED) is 0.810. The Balaban J connectivity index is 2.74. The van der Waals surface area contributed by atoms with Crippen molar-refractivity contribution in [2.24, 2.45) is 5.92 Å². The summed E-state index contributed by atoms with van der Waals surface area (Å²) in [6.45, 7) is 7.73. The molecule has 1 unspecified atom stereocenters. The predicted molar refractivity (Wildman–Crippen MR) is 73.2 cm³/mol. The first-order valence-electron chi connectivity index (χ1n) is 6.54. The molecule has 0 radical (unpaired) electrons. The van der Waals surface area contributed by atoms with Crippen molar-refractivity contribution in [2.75, 3.05) is 13.6 Å². The van der Waals surface area contributed by atoms with Crippen molar-refractivity contribution in [1.29, 1.82) is 0 Å². The first kappa shape index (κ1) is 14.0. The highest BCUT2D eigenvalue weighted by Crippen LogP contribution is 2.30. The van der Waals surface area contributed by atoms with Crippen molar-refractivity contribution in [1.82, 2.24) is 4.90 Å². The number of hydrogen-bond acceptors (Lipinski definition) is 2. The van der Waals surface area contributed by atoms with Crippen LogP contribution in [0.4, 0.5) is 0 Å². The van der Waals surface area contributed by atoms with E-state index in [1.165, 1.54) is 6.42 Å². The molecule has 0 fully saturated rings. The van der Waals surface area contributed by atoms with E-state index in [2.05, 4.69) is 32.7 Å². The van der Waals surface area contributed by atoms with E-state index in [0.717, 1.165) is 24.4 Å². The summed E-state index contributed by atoms with van der Waals surface area (Å²) in [5.41, 5.74) is 1.04. The number of para-hydroxylation sites is 1. The molecule has 0 aromatic heterocycles. The maximum atomic E-state index is 9.91. The van der Waals surface area contributed by atoms with Crippen molar-refractivity contribution in [3.8, 4) is 5.75 Å². The highest BCUT2D eigenvalue weighted by Gasteiger charge is 2.17.